The molecule has 1 heterocycles. The molecule has 4 aliphatic carbocycles. The van der Waals surface area contributed by atoms with Crippen LogP contribution >= 0.6 is 0 Å². The number of benzene rings is 1. The summed E-state index contributed by atoms with van der Waals surface area (Å²) in [5, 5.41) is 2.81. The van der Waals surface area contributed by atoms with E-state index in [4.69, 9.17) is 5.73 Å². The van der Waals surface area contributed by atoms with Gasteiger partial charge in [-0.05, 0) is 73.8 Å². The molecule has 2 amide bonds. The van der Waals surface area contributed by atoms with E-state index in [1.807, 2.05) is 29.2 Å². The number of hydrogen-bond donors (Lipinski definition) is 2. The van der Waals surface area contributed by atoms with Crippen LogP contribution in [0, 0.1) is 23.2 Å². The highest BCUT2D eigenvalue weighted by atomic mass is 16.2. The molecule has 132 valence electrons. The highest BCUT2D eigenvalue weighted by Gasteiger charge is 2.52. The van der Waals surface area contributed by atoms with E-state index < -0.39 is 11.9 Å². The van der Waals surface area contributed by atoms with Crippen LogP contribution in [0.25, 0.3) is 0 Å². The topological polar surface area (TPSA) is 75.4 Å². The molecular weight excluding hydrogens is 314 g/mol. The fourth-order valence-corrected chi connectivity index (χ4v) is 6.41. The van der Waals surface area contributed by atoms with Crippen molar-refractivity contribution in [2.45, 2.75) is 44.6 Å². The van der Waals surface area contributed by atoms with E-state index in [1.165, 1.54) is 38.5 Å². The van der Waals surface area contributed by atoms with Gasteiger partial charge in [-0.25, -0.2) is 0 Å². The second kappa shape index (κ2) is 5.31. The van der Waals surface area contributed by atoms with Crippen molar-refractivity contribution in [3.05, 3.63) is 24.3 Å². The number of nitrogens with zero attached hydrogens (tertiary/aromatic N) is 1. The molecule has 4 saturated carbocycles. The van der Waals surface area contributed by atoms with Gasteiger partial charge in [0.1, 0.15) is 0 Å². The number of hydrogen-bond acceptors (Lipinski definition) is 3. The van der Waals surface area contributed by atoms with Crippen LogP contribution in [-0.4, -0.2) is 24.4 Å². The number of carbonyl (C=O) groups excluding carboxylic acids is 2. The number of fused-ring (bicyclic) bond motifs is 1. The first-order chi connectivity index (χ1) is 12.0. The molecular formula is C20H25N3O2. The summed E-state index contributed by atoms with van der Waals surface area (Å²) in [6.45, 7) is 0.703. The quantitative estimate of drug-likeness (QED) is 0.813. The smallest absolute Gasteiger partial charge is 0.253 e. The standard InChI is InChI=1S/C20H25N3O2/c21-17-18(24)22-15-3-1-2-4-16(15)23(19(17)25)11-20-8-12-5-13(9-20)7-14(6-12)10-20/h1-4,12-14,17H,5-11,21H2,(H,22,24). The fraction of sp³-hybridized carbons (Fsp3) is 0.600. The number of carbonyl (C=O) groups is 2. The maximum atomic E-state index is 13.0. The third-order valence-electron chi connectivity index (χ3n) is 6.93. The van der Waals surface area contributed by atoms with Crippen LogP contribution in [0.5, 0.6) is 0 Å². The highest BCUT2D eigenvalue weighted by molar-refractivity contribution is 6.19. The third-order valence-corrected chi connectivity index (χ3v) is 6.93. The molecule has 5 aliphatic rings. The van der Waals surface area contributed by atoms with Gasteiger partial charge in [-0.1, -0.05) is 12.1 Å². The normalized spacial score (nSPS) is 39.2. The lowest BCUT2D eigenvalue weighted by Crippen LogP contribution is -2.55. The van der Waals surface area contributed by atoms with Crippen LogP contribution in [0.2, 0.25) is 0 Å². The van der Waals surface area contributed by atoms with E-state index in [9.17, 15) is 9.59 Å². The molecule has 4 bridgehead atoms. The largest absolute Gasteiger partial charge is 0.322 e. The Hall–Kier alpha value is -1.88. The first-order valence-electron chi connectivity index (χ1n) is 9.50. The molecule has 5 heteroatoms. The maximum Gasteiger partial charge on any atom is 0.253 e. The second-order valence-corrected chi connectivity index (χ2v) is 8.83. The number of anilines is 2. The van der Waals surface area contributed by atoms with Gasteiger partial charge in [0.05, 0.1) is 11.4 Å². The molecule has 6 rings (SSSR count). The van der Waals surface area contributed by atoms with E-state index in [-0.39, 0.29) is 11.3 Å². The van der Waals surface area contributed by atoms with Gasteiger partial charge < -0.3 is 16.0 Å². The van der Waals surface area contributed by atoms with Crippen molar-refractivity contribution in [3.63, 3.8) is 0 Å². The SMILES string of the molecule is NC1C(=O)Nc2ccccc2N(CC23CC4CC(CC(C4)C2)C3)C1=O. The molecule has 1 aromatic carbocycles. The van der Waals surface area contributed by atoms with E-state index in [1.54, 1.807) is 0 Å². The molecule has 1 aliphatic heterocycles. The molecule has 1 aromatic rings. The number of para-hydroxylation sites is 2. The van der Waals surface area contributed by atoms with Gasteiger partial charge >= 0.3 is 0 Å². The lowest BCUT2D eigenvalue weighted by molar-refractivity contribution is -0.127. The Morgan fingerprint density at radius 2 is 1.64 bits per heavy atom. The molecule has 5 nitrogen and oxygen atoms in total. The van der Waals surface area contributed by atoms with Crippen molar-refractivity contribution in [2.75, 3.05) is 16.8 Å². The Labute approximate surface area is 147 Å². The average molecular weight is 339 g/mol. The Balaban J connectivity index is 1.52. The molecule has 0 spiro atoms. The number of nitrogens with two attached hydrogens (primary N) is 1. The Morgan fingerprint density at radius 3 is 2.28 bits per heavy atom. The van der Waals surface area contributed by atoms with Crippen molar-refractivity contribution in [3.8, 4) is 0 Å². The van der Waals surface area contributed by atoms with Crippen LogP contribution in [0.15, 0.2) is 24.3 Å². The zero-order valence-electron chi connectivity index (χ0n) is 14.4. The summed E-state index contributed by atoms with van der Waals surface area (Å²) in [6.07, 6.45) is 7.81. The minimum Gasteiger partial charge on any atom is -0.322 e. The molecule has 0 radical (unpaired) electrons. The van der Waals surface area contributed by atoms with Crippen molar-refractivity contribution < 1.29 is 9.59 Å². The molecule has 0 aromatic heterocycles. The third kappa shape index (κ3) is 2.40. The van der Waals surface area contributed by atoms with Crippen molar-refractivity contribution in [1.29, 1.82) is 0 Å². The minimum atomic E-state index is -1.12. The van der Waals surface area contributed by atoms with Gasteiger partial charge in [0.25, 0.3) is 11.8 Å². The van der Waals surface area contributed by atoms with Crippen LogP contribution in [-0.2, 0) is 9.59 Å². The predicted molar refractivity (Wildman–Crippen MR) is 96.0 cm³/mol. The van der Waals surface area contributed by atoms with E-state index >= 15 is 0 Å². The van der Waals surface area contributed by atoms with Crippen LogP contribution in [0.1, 0.15) is 38.5 Å². The molecule has 0 saturated heterocycles. The average Bonchev–Trinajstić information content (AvgIpc) is 2.65. The Bertz CT molecular complexity index is 709. The van der Waals surface area contributed by atoms with Gasteiger partial charge in [-0.15, -0.1) is 0 Å². The lowest BCUT2D eigenvalue weighted by Gasteiger charge is -2.57. The summed E-state index contributed by atoms with van der Waals surface area (Å²) < 4.78 is 0. The predicted octanol–water partition coefficient (Wildman–Crippen LogP) is 2.52. The van der Waals surface area contributed by atoms with Gasteiger partial charge in [0, 0.05) is 6.54 Å². The second-order valence-electron chi connectivity index (χ2n) is 8.83. The van der Waals surface area contributed by atoms with Crippen LogP contribution in [0.4, 0.5) is 11.4 Å². The van der Waals surface area contributed by atoms with Gasteiger partial charge in [0.2, 0.25) is 0 Å². The van der Waals surface area contributed by atoms with Crippen LogP contribution in [0.3, 0.4) is 0 Å². The van der Waals surface area contributed by atoms with Gasteiger partial charge in [0.15, 0.2) is 6.04 Å². The Kier molecular flexibility index (Phi) is 3.26. The zero-order valence-corrected chi connectivity index (χ0v) is 14.4. The highest BCUT2D eigenvalue weighted by Crippen LogP contribution is 2.60. The fourth-order valence-electron chi connectivity index (χ4n) is 6.41. The lowest BCUT2D eigenvalue weighted by atomic mass is 9.49. The maximum absolute atomic E-state index is 13.0. The number of nitrogens with one attached hydrogen (secondary N) is 1. The first-order valence-corrected chi connectivity index (χ1v) is 9.50. The van der Waals surface area contributed by atoms with Crippen molar-refractivity contribution in [1.82, 2.24) is 0 Å². The summed E-state index contributed by atoms with van der Waals surface area (Å²) >= 11 is 0. The summed E-state index contributed by atoms with van der Waals surface area (Å²) in [6, 6.07) is 6.45. The van der Waals surface area contributed by atoms with Crippen LogP contribution < -0.4 is 16.0 Å². The zero-order chi connectivity index (χ0) is 17.2. The molecule has 25 heavy (non-hydrogen) atoms. The van der Waals surface area contributed by atoms with E-state index in [0.29, 0.717) is 12.2 Å². The molecule has 1 unspecified atom stereocenters. The monoisotopic (exact) mass is 339 g/mol. The van der Waals surface area contributed by atoms with Gasteiger partial charge in [-0.2, -0.15) is 0 Å². The number of amides is 2. The molecule has 4 fully saturated rings. The summed E-state index contributed by atoms with van der Waals surface area (Å²) in [5.74, 6) is 1.81. The van der Waals surface area contributed by atoms with Crippen molar-refractivity contribution in [2.24, 2.45) is 28.9 Å². The Morgan fingerprint density at radius 1 is 1.04 bits per heavy atom. The van der Waals surface area contributed by atoms with E-state index in [2.05, 4.69) is 5.32 Å². The minimum absolute atomic E-state index is 0.213. The first kappa shape index (κ1) is 15.4. The summed E-state index contributed by atoms with van der Waals surface area (Å²) in [4.78, 5) is 27.0. The van der Waals surface area contributed by atoms with Crippen molar-refractivity contribution >= 4 is 23.2 Å². The van der Waals surface area contributed by atoms with Gasteiger partial charge in [-0.3, -0.25) is 9.59 Å². The summed E-state index contributed by atoms with van der Waals surface area (Å²) in [5.41, 5.74) is 7.66. The molecule has 3 N–H and O–H groups in total. The molecule has 1 atom stereocenters. The van der Waals surface area contributed by atoms with E-state index in [0.717, 1.165) is 23.4 Å². The number of rotatable bonds is 2. The summed E-state index contributed by atoms with van der Waals surface area (Å²) in [7, 11) is 0.